The molecule has 0 fully saturated rings. The second kappa shape index (κ2) is 6.37. The zero-order valence-corrected chi connectivity index (χ0v) is 13.5. The van der Waals surface area contributed by atoms with Gasteiger partial charge in [0.25, 0.3) is 0 Å². The van der Waals surface area contributed by atoms with Gasteiger partial charge in [-0.05, 0) is 38.5 Å². The van der Waals surface area contributed by atoms with Gasteiger partial charge < -0.3 is 15.2 Å². The lowest BCUT2D eigenvalue weighted by Gasteiger charge is -2.22. The number of hydrogen-bond acceptors (Lipinski definition) is 5. The van der Waals surface area contributed by atoms with Gasteiger partial charge in [-0.1, -0.05) is 22.0 Å². The van der Waals surface area contributed by atoms with Crippen LogP contribution in [0.5, 0.6) is 0 Å². The van der Waals surface area contributed by atoms with Crippen molar-refractivity contribution in [1.29, 1.82) is 0 Å². The number of halogens is 1. The zero-order valence-electron chi connectivity index (χ0n) is 11.9. The molecule has 0 aliphatic carbocycles. The summed E-state index contributed by atoms with van der Waals surface area (Å²) in [5.41, 5.74) is 6.20. The van der Waals surface area contributed by atoms with Crippen LogP contribution in [-0.2, 0) is 14.3 Å². The first-order valence-electron chi connectivity index (χ1n) is 6.02. The molecule has 0 aromatic heterocycles. The summed E-state index contributed by atoms with van der Waals surface area (Å²) in [6.45, 7) is 5.31. The monoisotopic (exact) mass is 343 g/mol. The van der Waals surface area contributed by atoms with E-state index in [1.165, 1.54) is 7.11 Å². The number of hydrogen-bond donors (Lipinski definition) is 1. The summed E-state index contributed by atoms with van der Waals surface area (Å²) >= 11 is 3.30. The van der Waals surface area contributed by atoms with E-state index in [2.05, 4.69) is 20.7 Å². The van der Waals surface area contributed by atoms with Crippen LogP contribution in [0.2, 0.25) is 0 Å². The van der Waals surface area contributed by atoms with Crippen LogP contribution in [0.3, 0.4) is 0 Å². The third kappa shape index (κ3) is 4.31. The fourth-order valence-electron chi connectivity index (χ4n) is 1.52. The lowest BCUT2D eigenvalue weighted by Crippen LogP contribution is -2.31. The van der Waals surface area contributed by atoms with Crippen molar-refractivity contribution in [3.8, 4) is 0 Å². The van der Waals surface area contributed by atoms with Crippen LogP contribution in [0.15, 0.2) is 22.7 Å². The van der Waals surface area contributed by atoms with E-state index < -0.39 is 23.6 Å². The van der Waals surface area contributed by atoms with Gasteiger partial charge in [0, 0.05) is 4.47 Å². The Labute approximate surface area is 126 Å². The first kappa shape index (κ1) is 16.7. The van der Waals surface area contributed by atoms with Gasteiger partial charge in [0.05, 0.1) is 12.7 Å². The Morgan fingerprint density at radius 3 is 2.35 bits per heavy atom. The first-order valence-corrected chi connectivity index (χ1v) is 6.81. The Morgan fingerprint density at radius 2 is 1.90 bits per heavy atom. The molecule has 0 radical (unpaired) electrons. The lowest BCUT2D eigenvalue weighted by atomic mass is 10.1. The van der Waals surface area contributed by atoms with Gasteiger partial charge >= 0.3 is 11.9 Å². The predicted octanol–water partition coefficient (Wildman–Crippen LogP) is 2.58. The van der Waals surface area contributed by atoms with E-state index in [4.69, 9.17) is 10.5 Å². The smallest absolute Gasteiger partial charge is 0.337 e. The van der Waals surface area contributed by atoms with E-state index in [1.54, 1.807) is 39.0 Å². The SMILES string of the molecule is COC(=O)c1ccc(C(N)C(=O)OC(C)(C)C)c(Br)c1. The molecule has 0 saturated heterocycles. The van der Waals surface area contributed by atoms with Crippen LogP contribution in [0, 0.1) is 0 Å². The van der Waals surface area contributed by atoms with E-state index in [-0.39, 0.29) is 0 Å². The van der Waals surface area contributed by atoms with E-state index >= 15 is 0 Å². The van der Waals surface area contributed by atoms with Gasteiger partial charge in [0.1, 0.15) is 11.6 Å². The van der Waals surface area contributed by atoms with Gasteiger partial charge in [-0.25, -0.2) is 9.59 Å². The van der Waals surface area contributed by atoms with Crippen molar-refractivity contribution in [2.45, 2.75) is 32.4 Å². The topological polar surface area (TPSA) is 78.6 Å². The molecule has 0 heterocycles. The summed E-state index contributed by atoms with van der Waals surface area (Å²) in [4.78, 5) is 23.3. The second-order valence-electron chi connectivity index (χ2n) is 5.24. The molecule has 2 N–H and O–H groups in total. The van der Waals surface area contributed by atoms with Gasteiger partial charge in [-0.3, -0.25) is 0 Å². The highest BCUT2D eigenvalue weighted by molar-refractivity contribution is 9.10. The fraction of sp³-hybridized carbons (Fsp3) is 0.429. The Hall–Kier alpha value is -1.40. The summed E-state index contributed by atoms with van der Waals surface area (Å²) in [7, 11) is 1.30. The quantitative estimate of drug-likeness (QED) is 0.853. The van der Waals surface area contributed by atoms with Crippen molar-refractivity contribution >= 4 is 27.9 Å². The summed E-state index contributed by atoms with van der Waals surface area (Å²) in [6, 6.07) is 3.79. The van der Waals surface area contributed by atoms with E-state index in [0.29, 0.717) is 15.6 Å². The number of esters is 2. The molecule has 0 spiro atoms. The van der Waals surface area contributed by atoms with Crippen LogP contribution in [0.1, 0.15) is 42.7 Å². The number of carbonyl (C=O) groups excluding carboxylic acids is 2. The van der Waals surface area contributed by atoms with E-state index in [9.17, 15) is 9.59 Å². The molecule has 0 aliphatic rings. The normalized spacial score (nSPS) is 12.7. The standard InChI is InChI=1S/C14H18BrNO4/c1-14(2,3)20-13(18)11(16)9-6-5-8(7-10(9)15)12(17)19-4/h5-7,11H,16H2,1-4H3. The van der Waals surface area contributed by atoms with Crippen molar-refractivity contribution in [3.63, 3.8) is 0 Å². The van der Waals surface area contributed by atoms with Crippen LogP contribution in [0.4, 0.5) is 0 Å². The minimum Gasteiger partial charge on any atom is -0.465 e. The van der Waals surface area contributed by atoms with Crippen molar-refractivity contribution in [2.75, 3.05) is 7.11 Å². The fourth-order valence-corrected chi connectivity index (χ4v) is 2.14. The average Bonchev–Trinajstić information content (AvgIpc) is 2.34. The maximum absolute atomic E-state index is 11.9. The van der Waals surface area contributed by atoms with Crippen molar-refractivity contribution < 1.29 is 19.1 Å². The Balaban J connectivity index is 2.97. The molecule has 110 valence electrons. The van der Waals surface area contributed by atoms with Crippen LogP contribution >= 0.6 is 15.9 Å². The zero-order chi connectivity index (χ0) is 15.5. The lowest BCUT2D eigenvalue weighted by molar-refractivity contribution is -0.156. The van der Waals surface area contributed by atoms with Crippen LogP contribution in [-0.4, -0.2) is 24.6 Å². The summed E-state index contributed by atoms with van der Waals surface area (Å²) < 4.78 is 10.4. The molecule has 1 aromatic rings. The molecule has 20 heavy (non-hydrogen) atoms. The molecular weight excluding hydrogens is 326 g/mol. The maximum atomic E-state index is 11.9. The summed E-state index contributed by atoms with van der Waals surface area (Å²) in [5.74, 6) is -0.980. The molecule has 6 heteroatoms. The number of ether oxygens (including phenoxy) is 2. The third-order valence-corrected chi connectivity index (χ3v) is 3.10. The van der Waals surface area contributed by atoms with Crippen LogP contribution < -0.4 is 5.73 Å². The van der Waals surface area contributed by atoms with Gasteiger partial charge in [0.15, 0.2) is 0 Å². The predicted molar refractivity (Wildman–Crippen MR) is 78.3 cm³/mol. The Kier molecular flexibility index (Phi) is 5.30. The molecule has 1 atom stereocenters. The second-order valence-corrected chi connectivity index (χ2v) is 6.09. The van der Waals surface area contributed by atoms with Gasteiger partial charge in [0.2, 0.25) is 0 Å². The number of rotatable bonds is 3. The largest absolute Gasteiger partial charge is 0.465 e. The maximum Gasteiger partial charge on any atom is 0.337 e. The highest BCUT2D eigenvalue weighted by atomic mass is 79.9. The van der Waals surface area contributed by atoms with E-state index in [0.717, 1.165) is 0 Å². The number of methoxy groups -OCH3 is 1. The molecule has 0 bridgehead atoms. The molecule has 5 nitrogen and oxygen atoms in total. The molecular formula is C14H18BrNO4. The summed E-state index contributed by atoms with van der Waals surface area (Å²) in [6.07, 6.45) is 0. The molecule has 1 aromatic carbocycles. The van der Waals surface area contributed by atoms with Crippen molar-refractivity contribution in [3.05, 3.63) is 33.8 Å². The number of nitrogens with two attached hydrogens (primary N) is 1. The molecule has 0 saturated carbocycles. The minimum atomic E-state index is -0.921. The van der Waals surface area contributed by atoms with Crippen molar-refractivity contribution in [1.82, 2.24) is 0 Å². The van der Waals surface area contributed by atoms with E-state index in [1.807, 2.05) is 0 Å². The third-order valence-electron chi connectivity index (χ3n) is 2.42. The number of benzene rings is 1. The Bertz CT molecular complexity index is 522. The highest BCUT2D eigenvalue weighted by Crippen LogP contribution is 2.25. The van der Waals surface area contributed by atoms with Gasteiger partial charge in [-0.15, -0.1) is 0 Å². The molecule has 0 aliphatic heterocycles. The van der Waals surface area contributed by atoms with Gasteiger partial charge in [-0.2, -0.15) is 0 Å². The highest BCUT2D eigenvalue weighted by Gasteiger charge is 2.25. The average molecular weight is 344 g/mol. The minimum absolute atomic E-state index is 0.375. The summed E-state index contributed by atoms with van der Waals surface area (Å²) in [5, 5.41) is 0. The molecule has 1 unspecified atom stereocenters. The molecule has 1 rings (SSSR count). The Morgan fingerprint density at radius 1 is 1.30 bits per heavy atom. The molecule has 0 amide bonds. The number of carbonyl (C=O) groups is 2. The van der Waals surface area contributed by atoms with Crippen LogP contribution in [0.25, 0.3) is 0 Å². The van der Waals surface area contributed by atoms with Crippen molar-refractivity contribution in [2.24, 2.45) is 5.73 Å². The first-order chi connectivity index (χ1) is 9.15.